The minimum Gasteiger partial charge on any atom is -0.481 e. The minimum atomic E-state index is -3.07. The van der Waals surface area contributed by atoms with Gasteiger partial charge >= 0.3 is 17.9 Å². The number of carboxylic acid groups (broad SMARTS) is 3. The van der Waals surface area contributed by atoms with Gasteiger partial charge in [-0.1, -0.05) is 91.0 Å². The number of hydrogen-bond donors (Lipinski definition) is 4. The minimum absolute atomic E-state index is 0.155. The quantitative estimate of drug-likeness (QED) is 0.255. The lowest BCUT2D eigenvalue weighted by Gasteiger charge is -2.44. The van der Waals surface area contributed by atoms with Gasteiger partial charge in [-0.2, -0.15) is 0 Å². The van der Waals surface area contributed by atoms with Gasteiger partial charge in [0.1, 0.15) is 5.41 Å². The number of aliphatic carboxylic acids is 3. The molecule has 0 fully saturated rings. The fourth-order valence-corrected chi connectivity index (χ4v) is 5.04. The van der Waals surface area contributed by atoms with Crippen LogP contribution in [0, 0.1) is 11.3 Å². The Morgan fingerprint density at radius 3 is 1.30 bits per heavy atom. The van der Waals surface area contributed by atoms with Crippen LogP contribution in [-0.4, -0.2) is 43.9 Å². The summed E-state index contributed by atoms with van der Waals surface area (Å²) in [5.41, 5.74) is -3.06. The number of hydrogen-bond acceptors (Lipinski definition) is 4. The van der Waals surface area contributed by atoms with Crippen LogP contribution in [0.15, 0.2) is 91.0 Å². The maximum Gasteiger partial charge on any atom is 0.337 e. The third-order valence-corrected chi connectivity index (χ3v) is 7.20. The van der Waals surface area contributed by atoms with E-state index in [1.165, 1.54) is 0 Å². The van der Waals surface area contributed by atoms with E-state index in [0.29, 0.717) is 0 Å². The predicted octanol–water partition coefficient (Wildman–Crippen LogP) is 4.47. The molecule has 37 heavy (non-hydrogen) atoms. The van der Waals surface area contributed by atoms with E-state index < -0.39 is 34.8 Å². The molecule has 0 radical (unpaired) electrons. The Bertz CT molecular complexity index is 1130. The molecule has 3 rings (SSSR count). The molecule has 194 valence electrons. The van der Waals surface area contributed by atoms with Crippen molar-refractivity contribution in [1.29, 1.82) is 0 Å². The van der Waals surface area contributed by atoms with Crippen molar-refractivity contribution in [1.82, 2.24) is 0 Å². The van der Waals surface area contributed by atoms with Gasteiger partial charge in [-0.25, -0.2) is 4.79 Å². The fourth-order valence-electron chi connectivity index (χ4n) is 5.04. The molecule has 7 nitrogen and oxygen atoms in total. The number of aliphatic hydroxyl groups is 1. The van der Waals surface area contributed by atoms with Crippen LogP contribution in [0.5, 0.6) is 0 Å². The molecule has 0 saturated heterocycles. The molecule has 3 aromatic carbocycles. The predicted molar refractivity (Wildman–Crippen MR) is 138 cm³/mol. The van der Waals surface area contributed by atoms with E-state index in [4.69, 9.17) is 0 Å². The lowest BCUT2D eigenvalue weighted by atomic mass is 9.59. The average molecular weight is 505 g/mol. The molecule has 0 amide bonds. The highest BCUT2D eigenvalue weighted by atomic mass is 16.4. The SMILES string of the molecule is O=C(O)C(CCc1ccccc1)C(O)(C(=O)O)C(CCc1ccccc1)(CCc1ccccc1)C(=O)O. The van der Waals surface area contributed by atoms with Gasteiger partial charge in [0.15, 0.2) is 5.60 Å². The Morgan fingerprint density at radius 1 is 0.595 bits per heavy atom. The highest BCUT2D eigenvalue weighted by Gasteiger charge is 2.65. The highest BCUT2D eigenvalue weighted by molar-refractivity contribution is 5.93. The van der Waals surface area contributed by atoms with Crippen LogP contribution in [0.4, 0.5) is 0 Å². The van der Waals surface area contributed by atoms with Crippen molar-refractivity contribution in [2.75, 3.05) is 0 Å². The molecule has 0 heterocycles. The van der Waals surface area contributed by atoms with Gasteiger partial charge in [0, 0.05) is 0 Å². The first-order chi connectivity index (χ1) is 17.7. The topological polar surface area (TPSA) is 132 Å². The summed E-state index contributed by atoms with van der Waals surface area (Å²) in [6, 6.07) is 26.8. The molecule has 0 aliphatic carbocycles. The van der Waals surface area contributed by atoms with E-state index in [9.17, 15) is 34.8 Å². The summed E-state index contributed by atoms with van der Waals surface area (Å²) in [6.07, 6.45) is -0.270. The third kappa shape index (κ3) is 6.24. The maximum absolute atomic E-state index is 13.0. The first-order valence-corrected chi connectivity index (χ1v) is 12.2. The molecule has 0 bridgehead atoms. The van der Waals surface area contributed by atoms with Gasteiger partial charge in [0.2, 0.25) is 0 Å². The highest BCUT2D eigenvalue weighted by Crippen LogP contribution is 2.47. The molecule has 7 heteroatoms. The van der Waals surface area contributed by atoms with Gasteiger partial charge in [0.05, 0.1) is 5.92 Å². The number of aryl methyl sites for hydroxylation is 3. The van der Waals surface area contributed by atoms with E-state index in [1.54, 1.807) is 91.0 Å². The first kappa shape index (κ1) is 27.6. The van der Waals surface area contributed by atoms with Gasteiger partial charge in [-0.15, -0.1) is 0 Å². The van der Waals surface area contributed by atoms with Crippen LogP contribution >= 0.6 is 0 Å². The molecule has 0 spiro atoms. The van der Waals surface area contributed by atoms with Gasteiger partial charge in [-0.05, 0) is 55.2 Å². The molecule has 4 N–H and O–H groups in total. The number of benzene rings is 3. The van der Waals surface area contributed by atoms with E-state index in [-0.39, 0.29) is 38.5 Å². The van der Waals surface area contributed by atoms with Crippen molar-refractivity contribution < 1.29 is 34.8 Å². The molecule has 0 saturated carbocycles. The molecule has 0 aromatic heterocycles. The zero-order chi connectivity index (χ0) is 26.9. The van der Waals surface area contributed by atoms with Gasteiger partial charge in [-0.3, -0.25) is 9.59 Å². The van der Waals surface area contributed by atoms with Crippen molar-refractivity contribution >= 4 is 17.9 Å². The second-order valence-electron chi connectivity index (χ2n) is 9.35. The van der Waals surface area contributed by atoms with Crippen LogP contribution in [0.2, 0.25) is 0 Å². The summed E-state index contributed by atoms with van der Waals surface area (Å²) >= 11 is 0. The Balaban J connectivity index is 2.07. The molecule has 0 aliphatic rings. The zero-order valence-corrected chi connectivity index (χ0v) is 20.5. The molecule has 0 aliphatic heterocycles. The van der Waals surface area contributed by atoms with Crippen LogP contribution in [0.1, 0.15) is 36.0 Å². The second kappa shape index (κ2) is 12.3. The largest absolute Gasteiger partial charge is 0.481 e. The van der Waals surface area contributed by atoms with Gasteiger partial charge < -0.3 is 20.4 Å². The third-order valence-electron chi connectivity index (χ3n) is 7.20. The monoisotopic (exact) mass is 504 g/mol. The normalized spacial score (nSPS) is 13.9. The average Bonchev–Trinajstić information content (AvgIpc) is 2.90. The van der Waals surface area contributed by atoms with E-state index in [0.717, 1.165) is 16.7 Å². The zero-order valence-electron chi connectivity index (χ0n) is 20.5. The summed E-state index contributed by atoms with van der Waals surface area (Å²) in [5, 5.41) is 42.9. The summed E-state index contributed by atoms with van der Waals surface area (Å²) in [4.78, 5) is 38.2. The molecule has 2 atom stereocenters. The Kier molecular flexibility index (Phi) is 9.20. The molecular weight excluding hydrogens is 472 g/mol. The Hall–Kier alpha value is -3.97. The van der Waals surface area contributed by atoms with E-state index in [1.807, 2.05) is 0 Å². The van der Waals surface area contributed by atoms with E-state index >= 15 is 0 Å². The van der Waals surface area contributed by atoms with Gasteiger partial charge in [0.25, 0.3) is 0 Å². The van der Waals surface area contributed by atoms with Crippen molar-refractivity contribution in [3.63, 3.8) is 0 Å². The Morgan fingerprint density at radius 2 is 0.973 bits per heavy atom. The van der Waals surface area contributed by atoms with Crippen molar-refractivity contribution in [2.45, 2.75) is 44.1 Å². The summed E-state index contributed by atoms with van der Waals surface area (Å²) in [7, 11) is 0. The second-order valence-corrected chi connectivity index (χ2v) is 9.35. The van der Waals surface area contributed by atoms with Crippen LogP contribution in [-0.2, 0) is 33.6 Å². The number of carbonyl (C=O) groups is 3. The van der Waals surface area contributed by atoms with Crippen LogP contribution in [0.25, 0.3) is 0 Å². The molecule has 2 unspecified atom stereocenters. The van der Waals surface area contributed by atoms with Crippen molar-refractivity contribution in [2.24, 2.45) is 11.3 Å². The summed E-state index contributed by atoms with van der Waals surface area (Å²) in [5.74, 6) is -6.79. The van der Waals surface area contributed by atoms with Crippen LogP contribution in [0.3, 0.4) is 0 Å². The number of carboxylic acids is 3. The van der Waals surface area contributed by atoms with Crippen LogP contribution < -0.4 is 0 Å². The van der Waals surface area contributed by atoms with Crippen molar-refractivity contribution in [3.05, 3.63) is 108 Å². The lowest BCUT2D eigenvalue weighted by molar-refractivity contribution is -0.207. The summed E-state index contributed by atoms with van der Waals surface area (Å²) < 4.78 is 0. The number of rotatable bonds is 14. The van der Waals surface area contributed by atoms with Crippen molar-refractivity contribution in [3.8, 4) is 0 Å². The standard InChI is InChI=1S/C30H32O7/c31-26(32)25(17-16-22-10-4-1-5-11-22)30(37,28(35)36)29(27(33)34,20-18-23-12-6-2-7-13-23)21-19-24-14-8-3-9-15-24/h1-15,25,37H,16-21H2,(H,31,32)(H,33,34)(H,35,36). The fraction of sp³-hybridized carbons (Fsp3) is 0.300. The molecule has 3 aromatic rings. The first-order valence-electron chi connectivity index (χ1n) is 12.2. The Labute approximate surface area is 216 Å². The lowest BCUT2D eigenvalue weighted by Crippen LogP contribution is -2.64. The smallest absolute Gasteiger partial charge is 0.337 e. The maximum atomic E-state index is 13.0. The van der Waals surface area contributed by atoms with E-state index in [2.05, 4.69) is 0 Å². The summed E-state index contributed by atoms with van der Waals surface area (Å²) in [6.45, 7) is 0. The molecular formula is C30H32O7.